The van der Waals surface area contributed by atoms with Gasteiger partial charge in [0.05, 0.1) is 12.7 Å². The van der Waals surface area contributed by atoms with Crippen molar-refractivity contribution < 1.29 is 18.8 Å². The molecule has 1 heterocycles. The zero-order valence-corrected chi connectivity index (χ0v) is 17.9. The highest BCUT2D eigenvalue weighted by Gasteiger charge is 2.19. The molecule has 0 atom stereocenters. The van der Waals surface area contributed by atoms with Crippen LogP contribution in [0, 0.1) is 0 Å². The minimum Gasteiger partial charge on any atom is -0.497 e. The van der Waals surface area contributed by atoms with Gasteiger partial charge in [-0.15, -0.1) is 0 Å². The normalized spacial score (nSPS) is 10.6. The maximum absolute atomic E-state index is 13.1. The van der Waals surface area contributed by atoms with Gasteiger partial charge in [0.25, 0.3) is 5.91 Å². The number of benzene rings is 3. The molecule has 4 aromatic rings. The van der Waals surface area contributed by atoms with Gasteiger partial charge in [-0.25, -0.2) is 0 Å². The van der Waals surface area contributed by atoms with Gasteiger partial charge in [0.15, 0.2) is 0 Å². The van der Waals surface area contributed by atoms with Crippen LogP contribution in [0.5, 0.6) is 11.5 Å². The van der Waals surface area contributed by atoms with Crippen LogP contribution in [0.2, 0.25) is 0 Å². The molecule has 0 aliphatic carbocycles. The van der Waals surface area contributed by atoms with Crippen LogP contribution in [0.4, 0.5) is 0 Å². The van der Waals surface area contributed by atoms with E-state index in [1.807, 2.05) is 66.7 Å². The molecule has 0 saturated heterocycles. The lowest BCUT2D eigenvalue weighted by Gasteiger charge is -2.17. The zero-order chi connectivity index (χ0) is 22.3. The van der Waals surface area contributed by atoms with Crippen molar-refractivity contribution in [2.24, 2.45) is 0 Å². The average Bonchev–Trinajstić information content (AvgIpc) is 3.31. The molecule has 7 heteroatoms. The van der Waals surface area contributed by atoms with E-state index in [2.05, 4.69) is 10.1 Å². The number of methoxy groups -OCH3 is 1. The van der Waals surface area contributed by atoms with Gasteiger partial charge in [-0.05, 0) is 42.0 Å². The van der Waals surface area contributed by atoms with Crippen molar-refractivity contribution in [3.63, 3.8) is 0 Å². The molecular formula is C25H23N3O4. The Balaban J connectivity index is 1.43. The van der Waals surface area contributed by atoms with Crippen LogP contribution in [0.15, 0.2) is 83.4 Å². The fourth-order valence-electron chi connectivity index (χ4n) is 3.16. The lowest BCUT2D eigenvalue weighted by Crippen LogP contribution is -2.26. The third-order valence-corrected chi connectivity index (χ3v) is 4.89. The number of nitrogens with zero attached hydrogens (tertiary/aromatic N) is 3. The molecule has 3 aromatic carbocycles. The number of hydrogen-bond donors (Lipinski definition) is 0. The highest BCUT2D eigenvalue weighted by molar-refractivity contribution is 5.96. The highest BCUT2D eigenvalue weighted by atomic mass is 16.5. The number of carbonyl (C=O) groups excluding carboxylic acids is 1. The monoisotopic (exact) mass is 429 g/mol. The molecule has 0 fully saturated rings. The van der Waals surface area contributed by atoms with Crippen LogP contribution >= 0.6 is 0 Å². The smallest absolute Gasteiger partial charge is 0.257 e. The summed E-state index contributed by atoms with van der Waals surface area (Å²) in [5.74, 6) is 1.87. The number of hydrogen-bond acceptors (Lipinski definition) is 6. The molecule has 0 bridgehead atoms. The molecule has 1 aromatic heterocycles. The molecule has 0 spiro atoms. The van der Waals surface area contributed by atoms with Crippen molar-refractivity contribution in [1.82, 2.24) is 15.0 Å². The standard InChI is InChI=1S/C25H23N3O4/c1-28(16-23-26-24(27-32-23)19-12-14-20(30-2)15-13-19)25(29)21-10-6-7-11-22(21)31-17-18-8-4-3-5-9-18/h3-15H,16-17H2,1-2H3. The lowest BCUT2D eigenvalue weighted by molar-refractivity contribution is 0.0764. The molecule has 0 unspecified atom stereocenters. The molecule has 0 aliphatic heterocycles. The first-order chi connectivity index (χ1) is 15.6. The summed E-state index contributed by atoms with van der Waals surface area (Å²) in [5.41, 5.74) is 2.30. The van der Waals surface area contributed by atoms with Crippen molar-refractivity contribution in [2.75, 3.05) is 14.2 Å². The van der Waals surface area contributed by atoms with Crippen LogP contribution in [0.1, 0.15) is 21.8 Å². The predicted molar refractivity (Wildman–Crippen MR) is 119 cm³/mol. The number of para-hydroxylation sites is 1. The van der Waals surface area contributed by atoms with Gasteiger partial charge < -0.3 is 18.9 Å². The van der Waals surface area contributed by atoms with E-state index in [0.717, 1.165) is 16.9 Å². The molecular weight excluding hydrogens is 406 g/mol. The summed E-state index contributed by atoms with van der Waals surface area (Å²) in [6, 6.07) is 24.4. The fraction of sp³-hybridized carbons (Fsp3) is 0.160. The van der Waals surface area contributed by atoms with E-state index in [9.17, 15) is 4.79 Å². The molecule has 162 valence electrons. The number of aromatic nitrogens is 2. The van der Waals surface area contributed by atoms with Crippen molar-refractivity contribution in [2.45, 2.75) is 13.2 Å². The van der Waals surface area contributed by atoms with Gasteiger partial charge >= 0.3 is 0 Å². The van der Waals surface area contributed by atoms with E-state index in [4.69, 9.17) is 14.0 Å². The predicted octanol–water partition coefficient (Wildman–Crippen LogP) is 4.60. The van der Waals surface area contributed by atoms with Crippen LogP contribution in [0.3, 0.4) is 0 Å². The number of amides is 1. The molecule has 32 heavy (non-hydrogen) atoms. The largest absolute Gasteiger partial charge is 0.497 e. The topological polar surface area (TPSA) is 77.7 Å². The molecule has 0 aliphatic rings. The second-order valence-corrected chi connectivity index (χ2v) is 7.17. The van der Waals surface area contributed by atoms with Gasteiger partial charge in [-0.2, -0.15) is 4.98 Å². The molecule has 0 N–H and O–H groups in total. The zero-order valence-electron chi connectivity index (χ0n) is 17.9. The van der Waals surface area contributed by atoms with Crippen molar-refractivity contribution in [3.8, 4) is 22.9 Å². The summed E-state index contributed by atoms with van der Waals surface area (Å²) in [6.07, 6.45) is 0. The second kappa shape index (κ2) is 9.78. The van der Waals surface area contributed by atoms with Gasteiger partial charge in [0.2, 0.25) is 11.7 Å². The summed E-state index contributed by atoms with van der Waals surface area (Å²) in [7, 11) is 3.30. The van der Waals surface area contributed by atoms with E-state index in [-0.39, 0.29) is 12.5 Å². The Morgan fingerprint density at radius 3 is 2.44 bits per heavy atom. The van der Waals surface area contributed by atoms with Gasteiger partial charge in [-0.1, -0.05) is 47.6 Å². The summed E-state index contributed by atoms with van der Waals surface area (Å²) < 4.78 is 16.4. The first-order valence-corrected chi connectivity index (χ1v) is 10.1. The molecule has 7 nitrogen and oxygen atoms in total. The van der Waals surface area contributed by atoms with Gasteiger partial charge in [-0.3, -0.25) is 4.79 Å². The first kappa shape index (κ1) is 21.1. The van der Waals surface area contributed by atoms with Crippen LogP contribution < -0.4 is 9.47 Å². The molecule has 1 amide bonds. The van der Waals surface area contributed by atoms with E-state index in [1.54, 1.807) is 26.3 Å². The Bertz CT molecular complexity index is 1170. The Hall–Kier alpha value is -4.13. The number of rotatable bonds is 8. The Kier molecular flexibility index (Phi) is 6.46. The SMILES string of the molecule is COc1ccc(-c2noc(CN(C)C(=O)c3ccccc3OCc3ccccc3)n2)cc1. The number of ether oxygens (including phenoxy) is 2. The Labute approximate surface area is 186 Å². The first-order valence-electron chi connectivity index (χ1n) is 10.1. The van der Waals surface area contributed by atoms with Crippen LogP contribution in [0.25, 0.3) is 11.4 Å². The average molecular weight is 429 g/mol. The van der Waals surface area contributed by atoms with Crippen LogP contribution in [-0.4, -0.2) is 35.1 Å². The quantitative estimate of drug-likeness (QED) is 0.407. The van der Waals surface area contributed by atoms with Gasteiger partial charge in [0.1, 0.15) is 24.7 Å². The fourth-order valence-corrected chi connectivity index (χ4v) is 3.16. The van der Waals surface area contributed by atoms with Crippen molar-refractivity contribution >= 4 is 5.91 Å². The molecule has 4 rings (SSSR count). The summed E-state index contributed by atoms with van der Waals surface area (Å²) in [6.45, 7) is 0.554. The maximum atomic E-state index is 13.1. The summed E-state index contributed by atoms with van der Waals surface area (Å²) >= 11 is 0. The van der Waals surface area contributed by atoms with Gasteiger partial charge in [0, 0.05) is 12.6 Å². The Morgan fingerprint density at radius 2 is 1.69 bits per heavy atom. The third kappa shape index (κ3) is 4.95. The number of carbonyl (C=O) groups is 1. The second-order valence-electron chi connectivity index (χ2n) is 7.17. The van der Waals surface area contributed by atoms with E-state index in [1.165, 1.54) is 4.90 Å². The van der Waals surface area contributed by atoms with E-state index in [0.29, 0.717) is 29.6 Å². The summed E-state index contributed by atoms with van der Waals surface area (Å²) in [5, 5.41) is 4.02. The maximum Gasteiger partial charge on any atom is 0.257 e. The van der Waals surface area contributed by atoms with Crippen molar-refractivity contribution in [3.05, 3.63) is 95.9 Å². The summed E-state index contributed by atoms with van der Waals surface area (Å²) in [4.78, 5) is 19.0. The minimum atomic E-state index is -0.196. The minimum absolute atomic E-state index is 0.176. The van der Waals surface area contributed by atoms with Crippen molar-refractivity contribution in [1.29, 1.82) is 0 Å². The molecule has 0 radical (unpaired) electrons. The Morgan fingerprint density at radius 1 is 0.969 bits per heavy atom. The molecule has 0 saturated carbocycles. The van der Waals surface area contributed by atoms with Crippen LogP contribution in [-0.2, 0) is 13.2 Å². The lowest BCUT2D eigenvalue weighted by atomic mass is 10.1. The highest BCUT2D eigenvalue weighted by Crippen LogP contribution is 2.23. The third-order valence-electron chi connectivity index (χ3n) is 4.89. The van der Waals surface area contributed by atoms with E-state index < -0.39 is 0 Å². The van der Waals surface area contributed by atoms with E-state index >= 15 is 0 Å².